The second-order valence-corrected chi connectivity index (χ2v) is 5.60. The summed E-state index contributed by atoms with van der Waals surface area (Å²) >= 11 is 0. The van der Waals surface area contributed by atoms with E-state index in [1.807, 2.05) is 6.07 Å². The fourth-order valence-electron chi connectivity index (χ4n) is 2.17. The van der Waals surface area contributed by atoms with Gasteiger partial charge in [-0.1, -0.05) is 12.1 Å². The van der Waals surface area contributed by atoms with Crippen LogP contribution in [0.4, 0.5) is 14.5 Å². The van der Waals surface area contributed by atoms with Crippen molar-refractivity contribution in [2.45, 2.75) is 25.2 Å². The summed E-state index contributed by atoms with van der Waals surface area (Å²) in [6.07, 6.45) is 2.75. The van der Waals surface area contributed by atoms with Crippen molar-refractivity contribution in [1.82, 2.24) is 9.97 Å². The lowest BCUT2D eigenvalue weighted by molar-refractivity contribution is 0.151. The summed E-state index contributed by atoms with van der Waals surface area (Å²) in [4.78, 5) is 12.5. The molecule has 0 amide bonds. The molecule has 3 rings (SSSR count). The number of nitrogens with zero attached hydrogens (tertiary/aromatic N) is 4. The number of hydrazone groups is 1. The molecule has 6 nitrogen and oxygen atoms in total. The van der Waals surface area contributed by atoms with Crippen molar-refractivity contribution in [3.05, 3.63) is 47.8 Å². The van der Waals surface area contributed by atoms with Gasteiger partial charge in [0.1, 0.15) is 12.3 Å². The van der Waals surface area contributed by atoms with Crippen LogP contribution in [0.15, 0.2) is 46.6 Å². The van der Waals surface area contributed by atoms with Crippen molar-refractivity contribution in [2.24, 2.45) is 15.9 Å². The second-order valence-electron chi connectivity index (χ2n) is 5.60. The fraction of sp³-hybridized carbons (Fsp3) is 0.294. The molecule has 1 aromatic heterocycles. The van der Waals surface area contributed by atoms with Crippen molar-refractivity contribution >= 4 is 17.6 Å². The molecule has 0 bridgehead atoms. The van der Waals surface area contributed by atoms with Gasteiger partial charge in [-0.15, -0.1) is 0 Å². The minimum Gasteiger partial charge on any atom is -0.457 e. The Morgan fingerprint density at radius 1 is 1.36 bits per heavy atom. The van der Waals surface area contributed by atoms with E-state index in [2.05, 4.69) is 20.1 Å². The van der Waals surface area contributed by atoms with Gasteiger partial charge in [-0.05, 0) is 31.0 Å². The van der Waals surface area contributed by atoms with E-state index in [0.29, 0.717) is 17.3 Å². The molecular weight excluding hydrogens is 328 g/mol. The zero-order valence-electron chi connectivity index (χ0n) is 13.3. The summed E-state index contributed by atoms with van der Waals surface area (Å²) < 4.78 is 30.9. The van der Waals surface area contributed by atoms with Crippen molar-refractivity contribution in [2.75, 3.05) is 6.61 Å². The van der Waals surface area contributed by atoms with E-state index in [9.17, 15) is 8.78 Å². The van der Waals surface area contributed by atoms with Gasteiger partial charge >= 0.3 is 6.01 Å². The van der Waals surface area contributed by atoms with Crippen LogP contribution in [-0.4, -0.2) is 28.5 Å². The quantitative estimate of drug-likeness (QED) is 0.473. The van der Waals surface area contributed by atoms with Crippen LogP contribution >= 0.6 is 0 Å². The zero-order chi connectivity index (χ0) is 17.6. The maximum atomic E-state index is 12.7. The number of hydrogen-bond donors (Lipinski definition) is 1. The van der Waals surface area contributed by atoms with Gasteiger partial charge < -0.3 is 10.6 Å². The third kappa shape index (κ3) is 4.79. The zero-order valence-corrected chi connectivity index (χ0v) is 13.3. The van der Waals surface area contributed by atoms with Crippen molar-refractivity contribution in [3.8, 4) is 6.01 Å². The summed E-state index contributed by atoms with van der Waals surface area (Å²) in [6, 6.07) is 7.90. The number of rotatable bonds is 7. The number of hydrogen-bond acceptors (Lipinski definition) is 6. The van der Waals surface area contributed by atoms with E-state index in [1.165, 1.54) is 24.4 Å². The van der Waals surface area contributed by atoms with Crippen LogP contribution < -0.4 is 10.6 Å². The Morgan fingerprint density at radius 3 is 2.92 bits per heavy atom. The van der Waals surface area contributed by atoms with Crippen LogP contribution in [0.5, 0.6) is 6.01 Å². The van der Waals surface area contributed by atoms with Crippen LogP contribution in [-0.2, 0) is 0 Å². The topological polar surface area (TPSA) is 85.8 Å². The molecule has 0 unspecified atom stereocenters. The summed E-state index contributed by atoms with van der Waals surface area (Å²) in [5.41, 5.74) is 1.59. The molecule has 8 heteroatoms. The predicted molar refractivity (Wildman–Crippen MR) is 90.7 cm³/mol. The highest BCUT2D eigenvalue weighted by atomic mass is 19.3. The van der Waals surface area contributed by atoms with Gasteiger partial charge in [-0.2, -0.15) is 10.1 Å². The number of aromatic nitrogens is 2. The molecule has 2 N–H and O–H groups in total. The summed E-state index contributed by atoms with van der Waals surface area (Å²) in [5.74, 6) is 5.82. The number of ether oxygens (including phenoxy) is 1. The molecule has 1 heterocycles. The van der Waals surface area contributed by atoms with Gasteiger partial charge in [0.2, 0.25) is 0 Å². The minimum atomic E-state index is -2.54. The molecule has 25 heavy (non-hydrogen) atoms. The highest BCUT2D eigenvalue weighted by Gasteiger charge is 2.25. The van der Waals surface area contributed by atoms with Gasteiger partial charge in [0.15, 0.2) is 0 Å². The van der Waals surface area contributed by atoms with Crippen LogP contribution in [0.1, 0.15) is 36.4 Å². The predicted octanol–water partition coefficient (Wildman–Crippen LogP) is 3.39. The Hall–Kier alpha value is -2.90. The smallest absolute Gasteiger partial charge is 0.316 e. The first kappa shape index (κ1) is 16.9. The lowest BCUT2D eigenvalue weighted by Gasteiger charge is -2.05. The Morgan fingerprint density at radius 2 is 2.20 bits per heavy atom. The highest BCUT2D eigenvalue weighted by molar-refractivity contribution is 6.31. The minimum absolute atomic E-state index is 0.0304. The third-order valence-corrected chi connectivity index (χ3v) is 3.65. The Kier molecular flexibility index (Phi) is 5.27. The van der Waals surface area contributed by atoms with Gasteiger partial charge in [0.05, 0.1) is 17.6 Å². The van der Waals surface area contributed by atoms with Gasteiger partial charge in [-0.25, -0.2) is 13.8 Å². The molecule has 1 saturated carbocycles. The molecule has 1 fully saturated rings. The van der Waals surface area contributed by atoms with E-state index >= 15 is 0 Å². The average Bonchev–Trinajstić information content (AvgIpc) is 3.47. The number of nitrogens with two attached hydrogens (primary N) is 1. The average molecular weight is 345 g/mol. The molecule has 0 radical (unpaired) electrons. The molecule has 1 aliphatic carbocycles. The van der Waals surface area contributed by atoms with Gasteiger partial charge in [-0.3, -0.25) is 4.99 Å². The molecule has 0 spiro atoms. The summed E-state index contributed by atoms with van der Waals surface area (Å²) in [6.45, 7) is 0.0304. The molecule has 2 aromatic rings. The maximum absolute atomic E-state index is 12.7. The lowest BCUT2D eigenvalue weighted by Crippen LogP contribution is -2.16. The number of halogens is 2. The van der Waals surface area contributed by atoms with Crippen LogP contribution in [0.2, 0.25) is 0 Å². The van der Waals surface area contributed by atoms with Crippen molar-refractivity contribution < 1.29 is 13.5 Å². The standard InChI is InChI=1S/C17H17F2N5O/c18-16(19)12-2-1-3-13(8-12)22-9-14(24-20)10-25-17-21-7-6-15(23-17)11-4-5-11/h1-3,6-9,11,16H,4-5,10,20H2. The van der Waals surface area contributed by atoms with Gasteiger partial charge in [0, 0.05) is 17.7 Å². The summed E-state index contributed by atoms with van der Waals surface area (Å²) in [7, 11) is 0. The molecule has 0 atom stereocenters. The van der Waals surface area contributed by atoms with E-state index in [-0.39, 0.29) is 18.2 Å². The first-order valence-corrected chi connectivity index (χ1v) is 7.80. The van der Waals surface area contributed by atoms with Crippen LogP contribution in [0, 0.1) is 0 Å². The summed E-state index contributed by atoms with van der Waals surface area (Å²) in [5, 5.41) is 3.58. The van der Waals surface area contributed by atoms with E-state index in [0.717, 1.165) is 18.5 Å². The van der Waals surface area contributed by atoms with Crippen molar-refractivity contribution in [3.63, 3.8) is 0 Å². The Bertz CT molecular complexity index is 790. The molecule has 130 valence electrons. The largest absolute Gasteiger partial charge is 0.457 e. The van der Waals surface area contributed by atoms with Crippen LogP contribution in [0.25, 0.3) is 0 Å². The molecule has 0 saturated heterocycles. The van der Waals surface area contributed by atoms with E-state index < -0.39 is 6.43 Å². The lowest BCUT2D eigenvalue weighted by atomic mass is 10.2. The highest BCUT2D eigenvalue weighted by Crippen LogP contribution is 2.39. The Balaban J connectivity index is 1.61. The fourth-order valence-corrected chi connectivity index (χ4v) is 2.17. The monoisotopic (exact) mass is 345 g/mol. The normalized spacial score (nSPS) is 15.1. The first-order chi connectivity index (χ1) is 12.2. The third-order valence-electron chi connectivity index (χ3n) is 3.65. The van der Waals surface area contributed by atoms with E-state index in [1.54, 1.807) is 12.3 Å². The maximum Gasteiger partial charge on any atom is 0.316 e. The number of alkyl halides is 2. The molecule has 0 aliphatic heterocycles. The number of benzene rings is 1. The first-order valence-electron chi connectivity index (χ1n) is 7.80. The van der Waals surface area contributed by atoms with Crippen molar-refractivity contribution in [1.29, 1.82) is 0 Å². The SMILES string of the molecule is NN=C(C=Nc1cccc(C(F)F)c1)COc1nccc(C2CC2)n1. The van der Waals surface area contributed by atoms with Gasteiger partial charge in [0.25, 0.3) is 6.43 Å². The molecular formula is C17H17F2N5O. The second kappa shape index (κ2) is 7.78. The van der Waals surface area contributed by atoms with E-state index in [4.69, 9.17) is 10.6 Å². The Labute approximate surface area is 143 Å². The molecule has 1 aliphatic rings. The number of aliphatic imine (C=N–C) groups is 1. The molecule has 1 aromatic carbocycles. The van der Waals surface area contributed by atoms with Crippen LogP contribution in [0.3, 0.4) is 0 Å².